The summed E-state index contributed by atoms with van der Waals surface area (Å²) in [4.78, 5) is 29.1. The number of fused-ring (bicyclic) bond motifs is 1. The summed E-state index contributed by atoms with van der Waals surface area (Å²) in [5.41, 5.74) is 5.31. The van der Waals surface area contributed by atoms with Crippen molar-refractivity contribution in [2.75, 3.05) is 44.7 Å². The van der Waals surface area contributed by atoms with Crippen molar-refractivity contribution in [2.24, 2.45) is 4.99 Å². The smallest absolute Gasteiger partial charge is 0.328 e. The third-order valence-electron chi connectivity index (χ3n) is 7.95. The van der Waals surface area contributed by atoms with Gasteiger partial charge in [-0.2, -0.15) is 0 Å². The first-order chi connectivity index (χ1) is 21.6. The number of para-hydroxylation sites is 1. The molecule has 9 heteroatoms. The van der Waals surface area contributed by atoms with Gasteiger partial charge in [0, 0.05) is 49.7 Å². The number of aromatic nitrogens is 2. The predicted octanol–water partition coefficient (Wildman–Crippen LogP) is 5.43. The average Bonchev–Trinajstić information content (AvgIpc) is 3.05. The van der Waals surface area contributed by atoms with Crippen molar-refractivity contribution in [1.29, 1.82) is 0 Å². The van der Waals surface area contributed by atoms with Gasteiger partial charge in [-0.15, -0.1) is 0 Å². The minimum absolute atomic E-state index is 0.225. The molecule has 1 atom stereocenters. The van der Waals surface area contributed by atoms with E-state index in [-0.39, 0.29) is 5.97 Å². The lowest BCUT2D eigenvalue weighted by atomic mass is 10.1. The molecule has 0 aliphatic carbocycles. The fraction of sp³-hybridized carbons (Fsp3) is 0.429. The summed E-state index contributed by atoms with van der Waals surface area (Å²) in [6.45, 7) is 6.28. The van der Waals surface area contributed by atoms with Crippen LogP contribution < -0.4 is 15.4 Å². The standard InChI is InChI=1S/C35H44N6O3/c1-27-10-2-3-14-31(27)38-26-30-13-9-24-44-35(42)32(39-30)18-22-41(23-25-43-33-15-4-6-19-36-33)21-7-5-12-29-17-16-28-11-8-20-37-34(28)40-29/h2-4,6,10,13-17,19,26,32,39H,5,7-9,11-12,18,20-25H2,1H3,(H,37,40)/b30-13-,38-26?/t32-/m0/s1. The fourth-order valence-electron chi connectivity index (χ4n) is 5.43. The molecule has 0 bridgehead atoms. The minimum Gasteiger partial charge on any atom is -0.476 e. The number of unbranched alkanes of at least 4 members (excludes halogenated alkanes) is 1. The van der Waals surface area contributed by atoms with Gasteiger partial charge in [0.05, 0.1) is 18.5 Å². The van der Waals surface area contributed by atoms with Gasteiger partial charge in [0.2, 0.25) is 5.88 Å². The number of esters is 1. The number of cyclic esters (lactones) is 1. The Labute approximate surface area is 260 Å². The van der Waals surface area contributed by atoms with Gasteiger partial charge >= 0.3 is 5.97 Å². The van der Waals surface area contributed by atoms with Crippen LogP contribution in [-0.2, 0) is 22.4 Å². The summed E-state index contributed by atoms with van der Waals surface area (Å²) in [5.74, 6) is 1.45. The van der Waals surface area contributed by atoms with E-state index >= 15 is 0 Å². The first kappa shape index (κ1) is 31.2. The monoisotopic (exact) mass is 596 g/mol. The maximum Gasteiger partial charge on any atom is 0.328 e. The molecule has 0 radical (unpaired) electrons. The first-order valence-electron chi connectivity index (χ1n) is 15.9. The zero-order valence-corrected chi connectivity index (χ0v) is 25.7. The molecular formula is C35H44N6O3. The largest absolute Gasteiger partial charge is 0.476 e. The number of nitrogens with one attached hydrogen (secondary N) is 2. The quantitative estimate of drug-likeness (QED) is 0.144. The van der Waals surface area contributed by atoms with Gasteiger partial charge in [0.25, 0.3) is 0 Å². The van der Waals surface area contributed by atoms with Gasteiger partial charge < -0.3 is 20.1 Å². The third kappa shape index (κ3) is 9.64. The van der Waals surface area contributed by atoms with E-state index in [0.717, 1.165) is 80.3 Å². The number of anilines is 1. The number of benzene rings is 1. The van der Waals surface area contributed by atoms with Gasteiger partial charge in [-0.1, -0.05) is 36.4 Å². The zero-order chi connectivity index (χ0) is 30.4. The highest BCUT2D eigenvalue weighted by Gasteiger charge is 2.23. The molecule has 2 aliphatic rings. The van der Waals surface area contributed by atoms with E-state index in [4.69, 9.17) is 14.5 Å². The molecule has 0 amide bonds. The first-order valence-corrected chi connectivity index (χ1v) is 15.9. The Morgan fingerprint density at radius 3 is 2.89 bits per heavy atom. The summed E-state index contributed by atoms with van der Waals surface area (Å²) < 4.78 is 11.4. The molecule has 3 aromatic rings. The van der Waals surface area contributed by atoms with Gasteiger partial charge in [-0.05, 0) is 81.3 Å². The number of rotatable bonds is 14. The van der Waals surface area contributed by atoms with Crippen molar-refractivity contribution in [3.8, 4) is 5.88 Å². The van der Waals surface area contributed by atoms with E-state index in [2.05, 4.69) is 37.6 Å². The zero-order valence-electron chi connectivity index (χ0n) is 25.7. The molecule has 0 saturated heterocycles. The highest BCUT2D eigenvalue weighted by Crippen LogP contribution is 2.21. The van der Waals surface area contributed by atoms with Gasteiger partial charge in [-0.25, -0.2) is 14.8 Å². The second kappa shape index (κ2) is 16.6. The maximum atomic E-state index is 13.0. The van der Waals surface area contributed by atoms with Crippen LogP contribution in [0.3, 0.4) is 0 Å². The van der Waals surface area contributed by atoms with E-state index in [1.54, 1.807) is 6.20 Å². The SMILES string of the molecule is Cc1ccccc1N=C/C1=C/CCOC(=O)[C@H](CCN(CCCCc2ccc3c(n2)NCCC3)CCOc2ccccn2)N1. The van der Waals surface area contributed by atoms with Gasteiger partial charge in [0.1, 0.15) is 18.5 Å². The number of carbonyl (C=O) groups excluding carboxylic acids is 1. The van der Waals surface area contributed by atoms with Crippen molar-refractivity contribution in [3.63, 3.8) is 0 Å². The van der Waals surface area contributed by atoms with E-state index in [9.17, 15) is 4.79 Å². The van der Waals surface area contributed by atoms with E-state index < -0.39 is 6.04 Å². The number of carbonyl (C=O) groups is 1. The van der Waals surface area contributed by atoms with Crippen molar-refractivity contribution in [3.05, 3.63) is 89.4 Å². The van der Waals surface area contributed by atoms with Crippen LogP contribution in [0, 0.1) is 6.92 Å². The Morgan fingerprint density at radius 1 is 1.09 bits per heavy atom. The van der Waals surface area contributed by atoms with Gasteiger partial charge in [0.15, 0.2) is 0 Å². The van der Waals surface area contributed by atoms with Crippen LogP contribution >= 0.6 is 0 Å². The second-order valence-electron chi connectivity index (χ2n) is 11.3. The lowest BCUT2D eigenvalue weighted by Gasteiger charge is -2.26. The molecule has 4 heterocycles. The van der Waals surface area contributed by atoms with Crippen LogP contribution in [-0.4, -0.2) is 72.5 Å². The van der Waals surface area contributed by atoms with E-state index in [1.165, 1.54) is 12.0 Å². The maximum absolute atomic E-state index is 13.0. The summed E-state index contributed by atoms with van der Waals surface area (Å²) >= 11 is 0. The molecule has 232 valence electrons. The predicted molar refractivity (Wildman–Crippen MR) is 175 cm³/mol. The number of aryl methyl sites for hydroxylation is 3. The molecule has 2 aliphatic heterocycles. The Balaban J connectivity index is 1.17. The lowest BCUT2D eigenvalue weighted by molar-refractivity contribution is -0.146. The number of aliphatic imine (C=N–C) groups is 1. The lowest BCUT2D eigenvalue weighted by Crippen LogP contribution is -2.42. The molecule has 0 spiro atoms. The van der Waals surface area contributed by atoms with Crippen LogP contribution in [0.4, 0.5) is 11.5 Å². The number of allylic oxidation sites excluding steroid dienone is 1. The second-order valence-corrected chi connectivity index (χ2v) is 11.3. The fourth-order valence-corrected chi connectivity index (χ4v) is 5.43. The van der Waals surface area contributed by atoms with Crippen LogP contribution in [0.1, 0.15) is 48.9 Å². The number of hydrogen-bond acceptors (Lipinski definition) is 9. The summed E-state index contributed by atoms with van der Waals surface area (Å²) in [5, 5.41) is 6.84. The van der Waals surface area contributed by atoms with Crippen LogP contribution in [0.2, 0.25) is 0 Å². The molecule has 2 aromatic heterocycles. The molecule has 9 nitrogen and oxygen atoms in total. The summed E-state index contributed by atoms with van der Waals surface area (Å²) in [6, 6.07) is 17.6. The van der Waals surface area contributed by atoms with Crippen molar-refractivity contribution < 1.29 is 14.3 Å². The van der Waals surface area contributed by atoms with E-state index in [1.807, 2.05) is 61.7 Å². The Kier molecular flexibility index (Phi) is 11.7. The van der Waals surface area contributed by atoms with Crippen molar-refractivity contribution in [2.45, 2.75) is 57.9 Å². The van der Waals surface area contributed by atoms with Crippen molar-refractivity contribution in [1.82, 2.24) is 20.2 Å². The van der Waals surface area contributed by atoms with Gasteiger partial charge in [-0.3, -0.25) is 9.89 Å². The Bertz CT molecular complexity index is 1410. The molecule has 1 aromatic carbocycles. The van der Waals surface area contributed by atoms with Crippen LogP contribution in [0.5, 0.6) is 5.88 Å². The van der Waals surface area contributed by atoms with E-state index in [0.29, 0.717) is 31.9 Å². The third-order valence-corrected chi connectivity index (χ3v) is 7.95. The minimum atomic E-state index is -0.462. The van der Waals surface area contributed by atoms with Crippen LogP contribution in [0.25, 0.3) is 0 Å². The summed E-state index contributed by atoms with van der Waals surface area (Å²) in [7, 11) is 0. The average molecular weight is 597 g/mol. The highest BCUT2D eigenvalue weighted by molar-refractivity contribution is 5.83. The topological polar surface area (TPSA) is 101 Å². The molecule has 0 saturated carbocycles. The number of hydrogen-bond donors (Lipinski definition) is 2. The van der Waals surface area contributed by atoms with Crippen LogP contribution in [0.15, 0.2) is 77.6 Å². The highest BCUT2D eigenvalue weighted by atomic mass is 16.5. The molecular weight excluding hydrogens is 552 g/mol. The molecule has 0 fully saturated rings. The van der Waals surface area contributed by atoms with Crippen molar-refractivity contribution >= 4 is 23.7 Å². The number of pyridine rings is 2. The number of ether oxygens (including phenoxy) is 2. The molecule has 0 unspecified atom stereocenters. The Morgan fingerprint density at radius 2 is 2.00 bits per heavy atom. The Hall–Kier alpha value is -4.24. The number of nitrogens with zero attached hydrogens (tertiary/aromatic N) is 4. The molecule has 44 heavy (non-hydrogen) atoms. The molecule has 5 rings (SSSR count). The molecule has 2 N–H and O–H groups in total. The summed E-state index contributed by atoms with van der Waals surface area (Å²) in [6.07, 6.45) is 12.1. The normalized spacial score (nSPS) is 17.9.